The summed E-state index contributed by atoms with van der Waals surface area (Å²) in [5, 5.41) is 4.18. The number of ether oxygens (including phenoxy) is 2. The van der Waals surface area contributed by atoms with Gasteiger partial charge in [0, 0.05) is 25.0 Å². The number of hydrogen-bond donors (Lipinski definition) is 2. The van der Waals surface area contributed by atoms with Gasteiger partial charge in [0.05, 0.1) is 24.3 Å². The number of nitrogens with one attached hydrogen (secondary N) is 1. The number of thiophene rings is 1. The summed E-state index contributed by atoms with van der Waals surface area (Å²) in [6, 6.07) is 0. The van der Waals surface area contributed by atoms with E-state index >= 15 is 0 Å². The fourth-order valence-electron chi connectivity index (χ4n) is 2.17. The highest BCUT2D eigenvalue weighted by atomic mass is 32.1. The van der Waals surface area contributed by atoms with E-state index in [9.17, 15) is 4.79 Å². The molecule has 0 aliphatic carbocycles. The van der Waals surface area contributed by atoms with E-state index in [1.165, 1.54) is 11.3 Å². The second kappa shape index (κ2) is 6.45. The molecule has 1 aliphatic heterocycles. The SMILES string of the molecule is COc1c(NCC2CCOC2)sc(C(=O)C(C)C)c1N. The minimum absolute atomic E-state index is 0.0584. The molecule has 1 aromatic heterocycles. The molecule has 2 heterocycles. The summed E-state index contributed by atoms with van der Waals surface area (Å²) in [7, 11) is 1.58. The number of nitrogens with two attached hydrogens (primary N) is 1. The molecule has 1 aliphatic rings. The lowest BCUT2D eigenvalue weighted by molar-refractivity contribution is 0.0944. The Morgan fingerprint density at radius 1 is 1.60 bits per heavy atom. The van der Waals surface area contributed by atoms with Crippen LogP contribution in [0.5, 0.6) is 5.75 Å². The number of ketones is 1. The second-order valence-electron chi connectivity index (χ2n) is 5.34. The monoisotopic (exact) mass is 298 g/mol. The number of methoxy groups -OCH3 is 1. The van der Waals surface area contributed by atoms with Gasteiger partial charge in [-0.3, -0.25) is 4.79 Å². The largest absolute Gasteiger partial charge is 0.492 e. The van der Waals surface area contributed by atoms with Crippen LogP contribution in [-0.2, 0) is 4.74 Å². The van der Waals surface area contributed by atoms with Gasteiger partial charge in [-0.2, -0.15) is 0 Å². The summed E-state index contributed by atoms with van der Waals surface area (Å²) in [6.45, 7) is 6.17. The third kappa shape index (κ3) is 3.07. The van der Waals surface area contributed by atoms with Crippen molar-refractivity contribution in [3.05, 3.63) is 4.88 Å². The highest BCUT2D eigenvalue weighted by Crippen LogP contribution is 2.43. The minimum Gasteiger partial charge on any atom is -0.492 e. The lowest BCUT2D eigenvalue weighted by Crippen LogP contribution is -2.13. The molecule has 1 unspecified atom stereocenters. The van der Waals surface area contributed by atoms with E-state index in [4.69, 9.17) is 15.2 Å². The summed E-state index contributed by atoms with van der Waals surface area (Å²) in [6.07, 6.45) is 1.06. The Labute approximate surface area is 123 Å². The van der Waals surface area contributed by atoms with Crippen molar-refractivity contribution in [2.24, 2.45) is 11.8 Å². The number of nitrogen functional groups attached to an aromatic ring is 1. The molecule has 0 aromatic carbocycles. The average Bonchev–Trinajstić information content (AvgIpc) is 3.03. The number of rotatable bonds is 6. The Kier molecular flexibility index (Phi) is 4.88. The van der Waals surface area contributed by atoms with Crippen LogP contribution in [0, 0.1) is 11.8 Å². The topological polar surface area (TPSA) is 73.6 Å². The molecule has 0 bridgehead atoms. The number of carbonyl (C=O) groups is 1. The third-order valence-corrected chi connectivity index (χ3v) is 4.59. The predicted molar refractivity (Wildman–Crippen MR) is 81.9 cm³/mol. The molecule has 112 valence electrons. The van der Waals surface area contributed by atoms with Crippen LogP contribution in [0.2, 0.25) is 0 Å². The normalized spacial score (nSPS) is 18.5. The first-order chi connectivity index (χ1) is 9.54. The highest BCUT2D eigenvalue weighted by molar-refractivity contribution is 7.19. The van der Waals surface area contributed by atoms with Crippen molar-refractivity contribution < 1.29 is 14.3 Å². The van der Waals surface area contributed by atoms with Crippen LogP contribution < -0.4 is 15.8 Å². The molecule has 1 aromatic rings. The van der Waals surface area contributed by atoms with Gasteiger partial charge in [-0.25, -0.2) is 0 Å². The molecule has 3 N–H and O–H groups in total. The third-order valence-electron chi connectivity index (χ3n) is 3.43. The molecule has 2 rings (SSSR count). The van der Waals surface area contributed by atoms with Crippen molar-refractivity contribution in [3.63, 3.8) is 0 Å². The summed E-state index contributed by atoms with van der Waals surface area (Å²) in [4.78, 5) is 12.7. The molecule has 0 saturated carbocycles. The van der Waals surface area contributed by atoms with Crippen molar-refractivity contribution in [2.45, 2.75) is 20.3 Å². The van der Waals surface area contributed by atoms with E-state index in [-0.39, 0.29) is 11.7 Å². The Morgan fingerprint density at radius 2 is 2.35 bits per heavy atom. The standard InChI is InChI=1S/C14H22N2O3S/c1-8(2)11(17)13-10(15)12(18-3)14(20-13)16-6-9-4-5-19-7-9/h8-9,16H,4-7,15H2,1-3H3. The zero-order valence-electron chi connectivity index (χ0n) is 12.2. The number of carbonyl (C=O) groups excluding carboxylic acids is 1. The zero-order chi connectivity index (χ0) is 14.7. The van der Waals surface area contributed by atoms with Gasteiger partial charge in [0.15, 0.2) is 11.5 Å². The van der Waals surface area contributed by atoms with Crippen LogP contribution in [0.3, 0.4) is 0 Å². The van der Waals surface area contributed by atoms with Crippen molar-refractivity contribution in [2.75, 3.05) is 37.9 Å². The maximum Gasteiger partial charge on any atom is 0.177 e. The molecule has 1 fully saturated rings. The Morgan fingerprint density at radius 3 is 2.90 bits per heavy atom. The zero-order valence-corrected chi connectivity index (χ0v) is 13.0. The second-order valence-corrected chi connectivity index (χ2v) is 6.36. The van der Waals surface area contributed by atoms with E-state index in [1.54, 1.807) is 7.11 Å². The number of hydrogen-bond acceptors (Lipinski definition) is 6. The predicted octanol–water partition coefficient (Wildman–Crippen LogP) is 2.63. The van der Waals surface area contributed by atoms with E-state index in [1.807, 2.05) is 13.8 Å². The maximum absolute atomic E-state index is 12.1. The van der Waals surface area contributed by atoms with E-state index in [0.29, 0.717) is 22.2 Å². The summed E-state index contributed by atoms with van der Waals surface area (Å²) in [5.74, 6) is 1.07. The molecule has 1 atom stereocenters. The van der Waals surface area contributed by atoms with E-state index < -0.39 is 0 Å². The average molecular weight is 298 g/mol. The summed E-state index contributed by atoms with van der Waals surface area (Å²) in [5.41, 5.74) is 6.48. The van der Waals surface area contributed by atoms with Gasteiger partial charge >= 0.3 is 0 Å². The van der Waals surface area contributed by atoms with Crippen LogP contribution >= 0.6 is 11.3 Å². The first-order valence-corrected chi connectivity index (χ1v) is 7.68. The molecule has 0 radical (unpaired) electrons. The first kappa shape index (κ1) is 15.1. The minimum atomic E-state index is -0.0725. The van der Waals surface area contributed by atoms with E-state index in [0.717, 1.165) is 31.2 Å². The van der Waals surface area contributed by atoms with Gasteiger partial charge in [0.1, 0.15) is 5.00 Å². The summed E-state index contributed by atoms with van der Waals surface area (Å²) >= 11 is 1.38. The van der Waals surface area contributed by atoms with Crippen molar-refractivity contribution in [3.8, 4) is 5.75 Å². The Hall–Kier alpha value is -1.27. The molecule has 1 saturated heterocycles. The first-order valence-electron chi connectivity index (χ1n) is 6.86. The molecule has 6 heteroatoms. The van der Waals surface area contributed by atoms with Crippen LogP contribution in [0.15, 0.2) is 0 Å². The molecule has 0 spiro atoms. The maximum atomic E-state index is 12.1. The summed E-state index contributed by atoms with van der Waals surface area (Å²) < 4.78 is 10.7. The van der Waals surface area contributed by atoms with Gasteiger partial charge in [-0.15, -0.1) is 11.3 Å². The van der Waals surface area contributed by atoms with Crippen LogP contribution in [0.4, 0.5) is 10.7 Å². The quantitative estimate of drug-likeness (QED) is 0.790. The van der Waals surface area contributed by atoms with Crippen molar-refractivity contribution in [1.29, 1.82) is 0 Å². The van der Waals surface area contributed by atoms with Gasteiger partial charge in [0.25, 0.3) is 0 Å². The molecule has 5 nitrogen and oxygen atoms in total. The number of Topliss-reactive ketones (excluding diaryl/α,β-unsaturated/α-hetero) is 1. The number of anilines is 2. The fourth-order valence-corrected chi connectivity index (χ4v) is 3.36. The fraction of sp³-hybridized carbons (Fsp3) is 0.643. The molecule has 20 heavy (non-hydrogen) atoms. The molecular weight excluding hydrogens is 276 g/mol. The highest BCUT2D eigenvalue weighted by Gasteiger charge is 2.24. The van der Waals surface area contributed by atoms with Gasteiger partial charge in [0.2, 0.25) is 0 Å². The van der Waals surface area contributed by atoms with Crippen LogP contribution in [0.25, 0.3) is 0 Å². The van der Waals surface area contributed by atoms with Gasteiger partial charge in [-0.1, -0.05) is 13.8 Å². The Bertz CT molecular complexity index is 479. The Balaban J connectivity index is 2.14. The van der Waals surface area contributed by atoms with Crippen molar-refractivity contribution >= 4 is 27.8 Å². The smallest absolute Gasteiger partial charge is 0.177 e. The van der Waals surface area contributed by atoms with Crippen LogP contribution in [0.1, 0.15) is 29.9 Å². The molecule has 0 amide bonds. The lowest BCUT2D eigenvalue weighted by Gasteiger charge is -2.10. The van der Waals surface area contributed by atoms with Crippen molar-refractivity contribution in [1.82, 2.24) is 0 Å². The molecular formula is C14H22N2O3S. The van der Waals surface area contributed by atoms with Gasteiger partial charge in [-0.05, 0) is 6.42 Å². The van der Waals surface area contributed by atoms with Crippen LogP contribution in [-0.4, -0.2) is 32.7 Å². The lowest BCUT2D eigenvalue weighted by atomic mass is 10.1. The van der Waals surface area contributed by atoms with E-state index in [2.05, 4.69) is 5.32 Å². The van der Waals surface area contributed by atoms with Gasteiger partial charge < -0.3 is 20.5 Å².